The van der Waals surface area contributed by atoms with E-state index in [2.05, 4.69) is 15.4 Å². The second kappa shape index (κ2) is 7.63. The first-order valence-electron chi connectivity index (χ1n) is 9.16. The number of aromatic nitrogens is 3. The standard InChI is InChI=1S/C22H20N4O3/c1-14-19-20(27)18(22(28)24-12-15-8-10-17(29-2)11-9-15)13-23-21(19)26(25-14)16-6-4-3-5-7-16/h3-11,13H,12H2,1-2H3,(H,23,27)(H,24,28). The summed E-state index contributed by atoms with van der Waals surface area (Å²) in [7, 11) is 1.60. The number of para-hydroxylation sites is 1. The van der Waals surface area contributed by atoms with E-state index < -0.39 is 5.91 Å². The van der Waals surface area contributed by atoms with E-state index in [1.54, 1.807) is 18.7 Å². The topological polar surface area (TPSA) is 89.0 Å². The summed E-state index contributed by atoms with van der Waals surface area (Å²) in [6.45, 7) is 2.07. The Kier molecular flexibility index (Phi) is 4.87. The second-order valence-electron chi connectivity index (χ2n) is 6.62. The molecule has 7 nitrogen and oxygen atoms in total. The van der Waals surface area contributed by atoms with Gasteiger partial charge in [0.05, 0.1) is 23.9 Å². The Morgan fingerprint density at radius 3 is 2.55 bits per heavy atom. The highest BCUT2D eigenvalue weighted by Gasteiger charge is 2.18. The maximum Gasteiger partial charge on any atom is 0.257 e. The van der Waals surface area contributed by atoms with Crippen LogP contribution in [0.5, 0.6) is 5.75 Å². The first-order valence-corrected chi connectivity index (χ1v) is 9.16. The van der Waals surface area contributed by atoms with Crippen LogP contribution in [0.3, 0.4) is 0 Å². The number of aryl methyl sites for hydroxylation is 1. The summed E-state index contributed by atoms with van der Waals surface area (Å²) in [6, 6.07) is 16.9. The van der Waals surface area contributed by atoms with Crippen molar-refractivity contribution in [3.8, 4) is 11.4 Å². The van der Waals surface area contributed by atoms with E-state index in [9.17, 15) is 9.59 Å². The molecule has 146 valence electrons. The summed E-state index contributed by atoms with van der Waals surface area (Å²) in [5, 5.41) is 7.67. The Labute approximate surface area is 167 Å². The normalized spacial score (nSPS) is 10.8. The van der Waals surface area contributed by atoms with Gasteiger partial charge in [0.1, 0.15) is 17.0 Å². The van der Waals surface area contributed by atoms with Gasteiger partial charge in [-0.2, -0.15) is 5.10 Å². The first kappa shape index (κ1) is 18.5. The molecule has 0 bridgehead atoms. The van der Waals surface area contributed by atoms with Gasteiger partial charge in [0.25, 0.3) is 5.91 Å². The van der Waals surface area contributed by atoms with Crippen molar-refractivity contribution in [1.29, 1.82) is 0 Å². The molecule has 2 N–H and O–H groups in total. The molecule has 0 atom stereocenters. The lowest BCUT2D eigenvalue weighted by Crippen LogP contribution is -2.28. The predicted octanol–water partition coefficient (Wildman–Crippen LogP) is 2.96. The monoisotopic (exact) mass is 388 g/mol. The molecule has 29 heavy (non-hydrogen) atoms. The van der Waals surface area contributed by atoms with Crippen LogP contribution in [0.4, 0.5) is 0 Å². The fourth-order valence-electron chi connectivity index (χ4n) is 3.22. The van der Waals surface area contributed by atoms with Crippen LogP contribution in [0.15, 0.2) is 65.6 Å². The van der Waals surface area contributed by atoms with Crippen LogP contribution in [0.2, 0.25) is 0 Å². The number of pyridine rings is 1. The van der Waals surface area contributed by atoms with Crippen LogP contribution in [0.25, 0.3) is 16.7 Å². The second-order valence-corrected chi connectivity index (χ2v) is 6.62. The Bertz CT molecular complexity index is 1220. The molecule has 2 aromatic heterocycles. The SMILES string of the molecule is COc1ccc(CNC(=O)c2c[nH]c3c(c(C)nn3-c3ccccc3)c2=O)cc1. The number of carbonyl (C=O) groups is 1. The number of methoxy groups -OCH3 is 1. The van der Waals surface area contributed by atoms with Gasteiger partial charge < -0.3 is 15.0 Å². The summed E-state index contributed by atoms with van der Waals surface area (Å²) in [5.41, 5.74) is 2.58. The zero-order chi connectivity index (χ0) is 20.4. The van der Waals surface area contributed by atoms with Crippen LogP contribution in [-0.2, 0) is 6.54 Å². The van der Waals surface area contributed by atoms with Crippen LogP contribution >= 0.6 is 0 Å². The number of nitrogens with zero attached hydrogens (tertiary/aromatic N) is 2. The fourth-order valence-corrected chi connectivity index (χ4v) is 3.22. The molecule has 4 aromatic rings. The highest BCUT2D eigenvalue weighted by Crippen LogP contribution is 2.17. The van der Waals surface area contributed by atoms with Gasteiger partial charge in [-0.15, -0.1) is 0 Å². The molecule has 2 heterocycles. The minimum Gasteiger partial charge on any atom is -0.497 e. The van der Waals surface area contributed by atoms with Crippen LogP contribution in [-0.4, -0.2) is 27.8 Å². The number of amides is 1. The van der Waals surface area contributed by atoms with Crippen molar-refractivity contribution in [3.63, 3.8) is 0 Å². The van der Waals surface area contributed by atoms with Crippen molar-refractivity contribution in [3.05, 3.63) is 87.8 Å². The number of ether oxygens (including phenoxy) is 1. The van der Waals surface area contributed by atoms with Crippen molar-refractivity contribution in [2.75, 3.05) is 7.11 Å². The van der Waals surface area contributed by atoms with Crippen molar-refractivity contribution >= 4 is 16.9 Å². The maximum atomic E-state index is 13.0. The smallest absolute Gasteiger partial charge is 0.257 e. The summed E-state index contributed by atoms with van der Waals surface area (Å²) >= 11 is 0. The van der Waals surface area contributed by atoms with Gasteiger partial charge in [0, 0.05) is 12.7 Å². The third-order valence-corrected chi connectivity index (χ3v) is 4.74. The summed E-state index contributed by atoms with van der Waals surface area (Å²) in [5.74, 6) is 0.309. The van der Waals surface area contributed by atoms with Gasteiger partial charge in [0.15, 0.2) is 0 Å². The van der Waals surface area contributed by atoms with Gasteiger partial charge in [0.2, 0.25) is 5.43 Å². The quantitative estimate of drug-likeness (QED) is 0.550. The highest BCUT2D eigenvalue weighted by molar-refractivity contribution is 5.97. The van der Waals surface area contributed by atoms with Crippen LogP contribution < -0.4 is 15.5 Å². The van der Waals surface area contributed by atoms with E-state index >= 15 is 0 Å². The molecule has 0 aliphatic heterocycles. The molecule has 0 aliphatic rings. The Morgan fingerprint density at radius 1 is 1.14 bits per heavy atom. The largest absolute Gasteiger partial charge is 0.497 e. The van der Waals surface area contributed by atoms with Gasteiger partial charge in [-0.05, 0) is 36.8 Å². The van der Waals surface area contributed by atoms with Gasteiger partial charge >= 0.3 is 0 Å². The van der Waals surface area contributed by atoms with Crippen LogP contribution in [0.1, 0.15) is 21.6 Å². The van der Waals surface area contributed by atoms with Gasteiger partial charge in [-0.1, -0.05) is 30.3 Å². The lowest BCUT2D eigenvalue weighted by Gasteiger charge is -2.07. The van der Waals surface area contributed by atoms with E-state index in [0.29, 0.717) is 23.3 Å². The van der Waals surface area contributed by atoms with Gasteiger partial charge in [-0.25, -0.2) is 4.68 Å². The first-order chi connectivity index (χ1) is 14.1. The average Bonchev–Trinajstić information content (AvgIpc) is 3.10. The molecule has 2 aromatic carbocycles. The molecule has 0 saturated carbocycles. The number of nitrogens with one attached hydrogen (secondary N) is 2. The molecule has 0 aliphatic carbocycles. The van der Waals surface area contributed by atoms with Crippen molar-refractivity contribution in [1.82, 2.24) is 20.1 Å². The molecule has 0 unspecified atom stereocenters. The Balaban J connectivity index is 1.62. The van der Waals surface area contributed by atoms with E-state index in [-0.39, 0.29) is 11.0 Å². The molecular weight excluding hydrogens is 368 g/mol. The number of carbonyl (C=O) groups excluding carboxylic acids is 1. The Hall–Kier alpha value is -3.87. The predicted molar refractivity (Wildman–Crippen MR) is 111 cm³/mol. The summed E-state index contributed by atoms with van der Waals surface area (Å²) in [6.07, 6.45) is 1.44. The molecule has 0 spiro atoms. The number of fused-ring (bicyclic) bond motifs is 1. The molecule has 0 saturated heterocycles. The third kappa shape index (κ3) is 3.50. The van der Waals surface area contributed by atoms with Crippen molar-refractivity contribution < 1.29 is 9.53 Å². The minimum atomic E-state index is -0.434. The van der Waals surface area contributed by atoms with Gasteiger partial charge in [-0.3, -0.25) is 9.59 Å². The number of H-pyrrole nitrogens is 1. The van der Waals surface area contributed by atoms with E-state index in [1.807, 2.05) is 54.6 Å². The van der Waals surface area contributed by atoms with E-state index in [0.717, 1.165) is 17.0 Å². The number of aromatic amines is 1. The van der Waals surface area contributed by atoms with Crippen LogP contribution in [0, 0.1) is 6.92 Å². The lowest BCUT2D eigenvalue weighted by molar-refractivity contribution is 0.0949. The molecule has 1 amide bonds. The summed E-state index contributed by atoms with van der Waals surface area (Å²) < 4.78 is 6.80. The average molecular weight is 388 g/mol. The van der Waals surface area contributed by atoms with E-state index in [4.69, 9.17) is 4.74 Å². The lowest BCUT2D eigenvalue weighted by atomic mass is 10.1. The van der Waals surface area contributed by atoms with Crippen molar-refractivity contribution in [2.24, 2.45) is 0 Å². The molecule has 4 rings (SSSR count). The molecule has 0 radical (unpaired) electrons. The molecule has 0 fully saturated rings. The minimum absolute atomic E-state index is 0.0572. The number of benzene rings is 2. The zero-order valence-corrected chi connectivity index (χ0v) is 16.1. The number of hydrogen-bond acceptors (Lipinski definition) is 4. The fraction of sp³-hybridized carbons (Fsp3) is 0.136. The molecular formula is C22H20N4O3. The highest BCUT2D eigenvalue weighted by atomic mass is 16.5. The van der Waals surface area contributed by atoms with Crippen molar-refractivity contribution in [2.45, 2.75) is 13.5 Å². The maximum absolute atomic E-state index is 13.0. The summed E-state index contributed by atoms with van der Waals surface area (Å²) in [4.78, 5) is 28.7. The third-order valence-electron chi connectivity index (χ3n) is 4.74. The number of rotatable bonds is 5. The van der Waals surface area contributed by atoms with E-state index in [1.165, 1.54) is 6.20 Å². The zero-order valence-electron chi connectivity index (χ0n) is 16.1. The molecule has 7 heteroatoms. The Morgan fingerprint density at radius 2 is 1.86 bits per heavy atom. The number of hydrogen-bond donors (Lipinski definition) is 2.